The van der Waals surface area contributed by atoms with Crippen LogP contribution in [0.1, 0.15) is 23.7 Å². The van der Waals surface area contributed by atoms with Gasteiger partial charge in [-0.2, -0.15) is 0 Å². The topological polar surface area (TPSA) is 65.1 Å². The van der Waals surface area contributed by atoms with Crippen molar-refractivity contribution in [3.8, 4) is 0 Å². The number of hydrogen-bond donors (Lipinski definition) is 3. The first-order valence-corrected chi connectivity index (χ1v) is 5.70. The van der Waals surface area contributed by atoms with E-state index in [1.54, 1.807) is 13.0 Å². The monoisotopic (exact) mass is 232 g/mol. The molecule has 0 saturated carbocycles. The second-order valence-corrected chi connectivity index (χ2v) is 4.17. The van der Waals surface area contributed by atoms with Crippen LogP contribution in [0.3, 0.4) is 0 Å². The van der Waals surface area contributed by atoms with Crippen LogP contribution in [-0.2, 0) is 0 Å². The van der Waals surface area contributed by atoms with Crippen molar-refractivity contribution in [3.63, 3.8) is 0 Å². The Kier molecular flexibility index (Phi) is 3.44. The highest BCUT2D eigenvalue weighted by atomic mass is 16.3. The fourth-order valence-electron chi connectivity index (χ4n) is 1.69. The Morgan fingerprint density at radius 1 is 1.47 bits per heavy atom. The van der Waals surface area contributed by atoms with Crippen molar-refractivity contribution in [1.29, 1.82) is 0 Å². The van der Waals surface area contributed by atoms with Crippen molar-refractivity contribution in [2.75, 3.05) is 6.54 Å². The molecule has 4 heteroatoms. The van der Waals surface area contributed by atoms with Gasteiger partial charge in [-0.05, 0) is 37.6 Å². The summed E-state index contributed by atoms with van der Waals surface area (Å²) < 4.78 is 0. The molecular formula is C13H16N2O2. The summed E-state index contributed by atoms with van der Waals surface area (Å²) in [4.78, 5) is 14.9. The van der Waals surface area contributed by atoms with Crippen LogP contribution in [0.2, 0.25) is 0 Å². The Hall–Kier alpha value is -1.81. The fraction of sp³-hybridized carbons (Fsp3) is 0.308. The number of nitrogens with one attached hydrogen (secondary N) is 2. The molecule has 4 nitrogen and oxygen atoms in total. The van der Waals surface area contributed by atoms with Crippen LogP contribution < -0.4 is 5.32 Å². The third-order valence-corrected chi connectivity index (χ3v) is 2.66. The van der Waals surface area contributed by atoms with Gasteiger partial charge in [0.05, 0.1) is 6.10 Å². The average molecular weight is 232 g/mol. The third-order valence-electron chi connectivity index (χ3n) is 2.66. The summed E-state index contributed by atoms with van der Waals surface area (Å²) in [6, 6.07) is 7.46. The zero-order valence-electron chi connectivity index (χ0n) is 9.73. The number of aromatic nitrogens is 1. The van der Waals surface area contributed by atoms with Gasteiger partial charge in [-0.3, -0.25) is 4.79 Å². The lowest BCUT2D eigenvalue weighted by Crippen LogP contribution is -2.26. The molecule has 2 rings (SSSR count). The van der Waals surface area contributed by atoms with Crippen LogP contribution in [-0.4, -0.2) is 28.6 Å². The molecule has 2 aromatic rings. The molecule has 1 heterocycles. The standard InChI is InChI=1S/C13H16N2O2/c1-9(16)4-6-15-13(17)11-2-3-12-10(8-11)5-7-14-12/h2-3,5,7-9,14,16H,4,6H2,1H3,(H,15,17). The van der Waals surface area contributed by atoms with E-state index in [4.69, 9.17) is 5.11 Å². The number of aromatic amines is 1. The van der Waals surface area contributed by atoms with Gasteiger partial charge in [0.1, 0.15) is 0 Å². The fourth-order valence-corrected chi connectivity index (χ4v) is 1.69. The summed E-state index contributed by atoms with van der Waals surface area (Å²) in [5.74, 6) is -0.103. The van der Waals surface area contributed by atoms with Gasteiger partial charge in [0.15, 0.2) is 0 Å². The van der Waals surface area contributed by atoms with Crippen molar-refractivity contribution in [2.24, 2.45) is 0 Å². The molecule has 1 unspecified atom stereocenters. The molecule has 1 aromatic carbocycles. The lowest BCUT2D eigenvalue weighted by molar-refractivity contribution is 0.0945. The first kappa shape index (κ1) is 11.7. The molecule has 1 amide bonds. The Balaban J connectivity index is 2.03. The third kappa shape index (κ3) is 2.85. The maximum atomic E-state index is 11.8. The average Bonchev–Trinajstić information content (AvgIpc) is 2.75. The maximum Gasteiger partial charge on any atom is 0.251 e. The molecule has 17 heavy (non-hydrogen) atoms. The Morgan fingerprint density at radius 3 is 3.06 bits per heavy atom. The zero-order valence-corrected chi connectivity index (χ0v) is 9.73. The predicted molar refractivity (Wildman–Crippen MR) is 66.9 cm³/mol. The summed E-state index contributed by atoms with van der Waals surface area (Å²) in [5, 5.41) is 12.9. The number of aliphatic hydroxyl groups is 1. The van der Waals surface area contributed by atoms with Gasteiger partial charge in [0.2, 0.25) is 0 Å². The molecule has 0 fully saturated rings. The molecule has 1 atom stereocenters. The van der Waals surface area contributed by atoms with Gasteiger partial charge in [0.25, 0.3) is 5.91 Å². The van der Waals surface area contributed by atoms with Crippen LogP contribution >= 0.6 is 0 Å². The first-order valence-electron chi connectivity index (χ1n) is 5.70. The molecule has 0 bridgehead atoms. The molecular weight excluding hydrogens is 216 g/mol. The second-order valence-electron chi connectivity index (χ2n) is 4.17. The second kappa shape index (κ2) is 5.01. The number of carbonyl (C=O) groups is 1. The van der Waals surface area contributed by atoms with Crippen LogP contribution in [0.25, 0.3) is 10.9 Å². The van der Waals surface area contributed by atoms with Gasteiger partial charge >= 0.3 is 0 Å². The van der Waals surface area contributed by atoms with Gasteiger partial charge in [-0.1, -0.05) is 0 Å². The summed E-state index contributed by atoms with van der Waals surface area (Å²) >= 11 is 0. The van der Waals surface area contributed by atoms with Gasteiger partial charge in [-0.15, -0.1) is 0 Å². The highest BCUT2D eigenvalue weighted by Crippen LogP contribution is 2.14. The highest BCUT2D eigenvalue weighted by molar-refractivity contribution is 5.98. The minimum absolute atomic E-state index is 0.103. The number of aliphatic hydroxyl groups excluding tert-OH is 1. The molecule has 0 radical (unpaired) electrons. The predicted octanol–water partition coefficient (Wildman–Crippen LogP) is 1.67. The molecule has 0 saturated heterocycles. The number of hydrogen-bond acceptors (Lipinski definition) is 2. The lowest BCUT2D eigenvalue weighted by Gasteiger charge is -2.06. The van der Waals surface area contributed by atoms with E-state index in [-0.39, 0.29) is 12.0 Å². The van der Waals surface area contributed by atoms with Crippen molar-refractivity contribution in [1.82, 2.24) is 10.3 Å². The zero-order chi connectivity index (χ0) is 12.3. The van der Waals surface area contributed by atoms with E-state index in [0.717, 1.165) is 10.9 Å². The smallest absolute Gasteiger partial charge is 0.251 e. The molecule has 90 valence electrons. The highest BCUT2D eigenvalue weighted by Gasteiger charge is 2.06. The van der Waals surface area contributed by atoms with E-state index in [9.17, 15) is 4.79 Å². The van der Waals surface area contributed by atoms with Crippen molar-refractivity contribution < 1.29 is 9.90 Å². The molecule has 0 aliphatic carbocycles. The minimum Gasteiger partial charge on any atom is -0.393 e. The number of amides is 1. The van der Waals surface area contributed by atoms with Crippen molar-refractivity contribution >= 4 is 16.8 Å². The molecule has 0 aliphatic heterocycles. The summed E-state index contributed by atoms with van der Waals surface area (Å²) in [6.45, 7) is 2.19. The summed E-state index contributed by atoms with van der Waals surface area (Å²) in [7, 11) is 0. The van der Waals surface area contributed by atoms with E-state index in [1.165, 1.54) is 0 Å². The Labute approximate surface area is 99.7 Å². The van der Waals surface area contributed by atoms with Crippen LogP contribution in [0.5, 0.6) is 0 Å². The van der Waals surface area contributed by atoms with E-state index >= 15 is 0 Å². The van der Waals surface area contributed by atoms with Crippen LogP contribution in [0.4, 0.5) is 0 Å². The summed E-state index contributed by atoms with van der Waals surface area (Å²) in [6.07, 6.45) is 2.03. The summed E-state index contributed by atoms with van der Waals surface area (Å²) in [5.41, 5.74) is 1.66. The maximum absolute atomic E-state index is 11.8. The molecule has 0 aliphatic rings. The lowest BCUT2D eigenvalue weighted by atomic mass is 10.1. The Morgan fingerprint density at radius 2 is 2.29 bits per heavy atom. The number of carbonyl (C=O) groups excluding carboxylic acids is 1. The number of H-pyrrole nitrogens is 1. The number of rotatable bonds is 4. The van der Waals surface area contributed by atoms with Gasteiger partial charge in [-0.25, -0.2) is 0 Å². The molecule has 3 N–H and O–H groups in total. The van der Waals surface area contributed by atoms with Gasteiger partial charge < -0.3 is 15.4 Å². The van der Waals surface area contributed by atoms with Crippen LogP contribution in [0.15, 0.2) is 30.5 Å². The van der Waals surface area contributed by atoms with Gasteiger partial charge in [0, 0.05) is 29.2 Å². The van der Waals surface area contributed by atoms with Crippen LogP contribution in [0, 0.1) is 0 Å². The van der Waals surface area contributed by atoms with Crippen molar-refractivity contribution in [3.05, 3.63) is 36.0 Å². The number of fused-ring (bicyclic) bond motifs is 1. The largest absolute Gasteiger partial charge is 0.393 e. The van der Waals surface area contributed by atoms with Crippen molar-refractivity contribution in [2.45, 2.75) is 19.4 Å². The Bertz CT molecular complexity index is 517. The minimum atomic E-state index is -0.387. The quantitative estimate of drug-likeness (QED) is 0.750. The van der Waals surface area contributed by atoms with E-state index < -0.39 is 0 Å². The van der Waals surface area contributed by atoms with E-state index in [1.807, 2.05) is 24.4 Å². The molecule has 0 spiro atoms. The van der Waals surface area contributed by atoms with E-state index in [0.29, 0.717) is 18.5 Å². The first-order chi connectivity index (χ1) is 8.16. The van der Waals surface area contributed by atoms with E-state index in [2.05, 4.69) is 10.3 Å². The molecule has 1 aromatic heterocycles. The number of benzene rings is 1. The SMILES string of the molecule is CC(O)CCNC(=O)c1ccc2[nH]ccc2c1. The normalized spacial score (nSPS) is 12.6.